The zero-order valence-electron chi connectivity index (χ0n) is 46.7. The summed E-state index contributed by atoms with van der Waals surface area (Å²) in [4.78, 5) is 65.1. The van der Waals surface area contributed by atoms with Crippen molar-refractivity contribution in [2.24, 2.45) is 46.6 Å². The molecule has 4 heterocycles. The number of cyclic esters (lactones) is 1. The smallest absolute Gasteiger partial charge is 0.461 e. The number of ketones is 1. The normalized spacial score (nSPS) is 41.2. The summed E-state index contributed by atoms with van der Waals surface area (Å²) in [6, 6.07) is 0.0182. The SMILES string of the molecule is C.CO/N=C1\C[C@@H](C)O[C@@H](O[C@@H]2[C@@H](C)[C@H](O[C@H]3CC(C)N(C)C[C@H](C)O3)[C@@H](C)C(=O)O[C@H]([C@@H](C)CO[C@@H]3O[C@H](C)[C@@H](O)[C@@H](OC)[C@H]3OC)[C@H](C)[C@@H](OC(=O)CC(C)C)[C@@H](C)C(=O)[C@@](C)(OC(=O)OC)C[C@@H]2C)[C@@H]1O. The van der Waals surface area contributed by atoms with Crippen molar-refractivity contribution in [2.45, 2.75) is 221 Å². The molecule has 4 fully saturated rings. The molecule has 0 aromatic heterocycles. The minimum atomic E-state index is -1.96. The Morgan fingerprint density at radius 1 is 0.811 bits per heavy atom. The van der Waals surface area contributed by atoms with Crippen LogP contribution in [0.2, 0.25) is 0 Å². The highest BCUT2D eigenvalue weighted by atomic mass is 16.7. The van der Waals surface area contributed by atoms with E-state index in [1.54, 1.807) is 48.5 Å². The number of likely N-dealkylation sites (N-methyl/N-ethyl adjacent to an activating group) is 1. The van der Waals surface area contributed by atoms with E-state index in [4.69, 9.17) is 61.7 Å². The van der Waals surface area contributed by atoms with Crippen molar-refractivity contribution in [3.63, 3.8) is 0 Å². The molecule has 0 radical (unpaired) electrons. The zero-order chi connectivity index (χ0) is 54.8. The van der Waals surface area contributed by atoms with Crippen LogP contribution in [0.4, 0.5) is 4.79 Å². The van der Waals surface area contributed by atoms with Gasteiger partial charge in [0.1, 0.15) is 43.7 Å². The van der Waals surface area contributed by atoms with Gasteiger partial charge in [-0.3, -0.25) is 14.4 Å². The first-order chi connectivity index (χ1) is 34.2. The van der Waals surface area contributed by atoms with Crippen LogP contribution in [0.15, 0.2) is 5.16 Å². The number of ether oxygens (including phenoxy) is 12. The quantitative estimate of drug-likeness (QED) is 0.113. The molecule has 4 aliphatic rings. The number of oxime groups is 1. The van der Waals surface area contributed by atoms with Gasteiger partial charge in [0.15, 0.2) is 30.3 Å². The first kappa shape index (κ1) is 65.2. The predicted molar refractivity (Wildman–Crippen MR) is 271 cm³/mol. The summed E-state index contributed by atoms with van der Waals surface area (Å²) in [7, 11) is 7.41. The summed E-state index contributed by atoms with van der Waals surface area (Å²) in [5.41, 5.74) is -1.68. The lowest BCUT2D eigenvalue weighted by Crippen LogP contribution is -2.59. The third-order valence-electron chi connectivity index (χ3n) is 15.1. The molecule has 4 aliphatic heterocycles. The van der Waals surface area contributed by atoms with Crippen LogP contribution in [-0.2, 0) is 76.1 Å². The van der Waals surface area contributed by atoms with Crippen molar-refractivity contribution in [1.29, 1.82) is 0 Å². The summed E-state index contributed by atoms with van der Waals surface area (Å²) in [6.45, 7) is 23.6. The molecule has 21 heteroatoms. The zero-order valence-corrected chi connectivity index (χ0v) is 46.7. The van der Waals surface area contributed by atoms with Crippen molar-refractivity contribution in [3.8, 4) is 0 Å². The largest absolute Gasteiger partial charge is 0.508 e. The van der Waals surface area contributed by atoms with Crippen LogP contribution in [0.25, 0.3) is 0 Å². The number of carbonyl (C=O) groups is 4. The molecule has 2 N–H and O–H groups in total. The maximum Gasteiger partial charge on any atom is 0.508 e. The molecule has 0 aliphatic carbocycles. The summed E-state index contributed by atoms with van der Waals surface area (Å²) in [6.07, 6.45) is -13.7. The van der Waals surface area contributed by atoms with Gasteiger partial charge in [-0.25, -0.2) is 4.79 Å². The number of aliphatic hydroxyl groups excluding tert-OH is 2. The summed E-state index contributed by atoms with van der Waals surface area (Å²) in [5.74, 6) is -7.38. The molecule has 0 amide bonds. The second kappa shape index (κ2) is 29.0. The Balaban J connectivity index is 0.0000144. The van der Waals surface area contributed by atoms with E-state index in [2.05, 4.69) is 17.0 Å². The summed E-state index contributed by atoms with van der Waals surface area (Å²) in [5, 5.41) is 26.6. The van der Waals surface area contributed by atoms with Gasteiger partial charge in [-0.1, -0.05) is 61.0 Å². The van der Waals surface area contributed by atoms with Crippen molar-refractivity contribution >= 4 is 29.6 Å². The average molecular weight is 1060 g/mol. The fourth-order valence-corrected chi connectivity index (χ4v) is 11.0. The molecule has 0 spiro atoms. The molecule has 22 atom stereocenters. The van der Waals surface area contributed by atoms with Crippen LogP contribution >= 0.6 is 0 Å². The number of esters is 2. The predicted octanol–water partition coefficient (Wildman–Crippen LogP) is 5.70. The first-order valence-corrected chi connectivity index (χ1v) is 26.0. The fourth-order valence-electron chi connectivity index (χ4n) is 11.0. The molecule has 1 unspecified atom stereocenters. The van der Waals surface area contributed by atoms with Gasteiger partial charge >= 0.3 is 18.1 Å². The number of Topliss-reactive ketones (excluding diaryl/α,β-unsaturated/α-hetero) is 1. The molecule has 4 saturated heterocycles. The van der Waals surface area contributed by atoms with Gasteiger partial charge in [-0.15, -0.1) is 0 Å². The molecular formula is C53H94N2O19. The van der Waals surface area contributed by atoms with Crippen LogP contribution in [0, 0.1) is 41.4 Å². The van der Waals surface area contributed by atoms with E-state index >= 15 is 9.59 Å². The van der Waals surface area contributed by atoms with E-state index in [1.807, 2.05) is 34.7 Å². The Labute approximate surface area is 440 Å². The standard InChI is InChI=1S/C52H90N2O19.CH4/c1-25(2)19-37(55)69-43-32(9)42(27(4)24-65-50-46(62-16)45(61-15)39(56)35(12)68-50)71-48(59)34(11)44(70-38-20-28(5)54(14)23-30(7)66-38)31(8)41(72-49-40(57)36(53-64-18)21-29(6)67-49)26(3)22-52(13,47(58)33(43)10)73-51(60)63-17;/h25-35,38-46,49-50,56-57H,19-24H2,1-18H3;1H4/b53-36+;/t26-,27-,28?,29+,30-,31+,32-,33+,34+,35+,38-,39+,40+,41-,42+,43+,44-,45+,46+,49-,50+,52-;/m0./s1. The second-order valence-electron chi connectivity index (χ2n) is 21.8. The van der Waals surface area contributed by atoms with Gasteiger partial charge in [-0.05, 0) is 66.8 Å². The second-order valence-corrected chi connectivity index (χ2v) is 21.8. The Bertz CT molecular complexity index is 1810. The van der Waals surface area contributed by atoms with Crippen molar-refractivity contribution in [2.75, 3.05) is 48.6 Å². The van der Waals surface area contributed by atoms with Gasteiger partial charge in [0.05, 0.1) is 61.8 Å². The number of methoxy groups -OCH3 is 3. The molecule has 74 heavy (non-hydrogen) atoms. The number of rotatable bonds is 15. The summed E-state index contributed by atoms with van der Waals surface area (Å²) >= 11 is 0. The molecular weight excluding hydrogens is 969 g/mol. The third kappa shape index (κ3) is 16.5. The van der Waals surface area contributed by atoms with E-state index in [0.29, 0.717) is 13.0 Å². The Morgan fingerprint density at radius 2 is 1.46 bits per heavy atom. The molecule has 21 nitrogen and oxygen atoms in total. The number of hydrogen-bond donors (Lipinski definition) is 2. The van der Waals surface area contributed by atoms with Crippen LogP contribution in [-0.4, -0.2) is 191 Å². The van der Waals surface area contributed by atoms with Crippen molar-refractivity contribution in [3.05, 3.63) is 0 Å². The van der Waals surface area contributed by atoms with E-state index < -0.39 is 145 Å². The lowest BCUT2D eigenvalue weighted by molar-refractivity contribution is -0.305. The van der Waals surface area contributed by atoms with Gasteiger partial charge in [-0.2, -0.15) is 0 Å². The van der Waals surface area contributed by atoms with E-state index in [-0.39, 0.29) is 57.1 Å². The van der Waals surface area contributed by atoms with Gasteiger partial charge < -0.3 is 76.8 Å². The molecule has 0 bridgehead atoms. The maximum atomic E-state index is 15.4. The number of carbonyl (C=O) groups excluding carboxylic acids is 4. The molecule has 4 rings (SSSR count). The third-order valence-corrected chi connectivity index (χ3v) is 15.1. The molecule has 430 valence electrons. The topological polar surface area (TPSA) is 244 Å². The average Bonchev–Trinajstić information content (AvgIpc) is 3.44. The first-order valence-electron chi connectivity index (χ1n) is 26.0. The van der Waals surface area contributed by atoms with Crippen LogP contribution in [0.1, 0.15) is 123 Å². The van der Waals surface area contributed by atoms with Crippen molar-refractivity contribution < 1.29 is 91.1 Å². The molecule has 0 aromatic rings. The number of hydrogen-bond acceptors (Lipinski definition) is 21. The Morgan fingerprint density at radius 3 is 2.05 bits per heavy atom. The van der Waals surface area contributed by atoms with E-state index in [0.717, 1.165) is 7.11 Å². The van der Waals surface area contributed by atoms with Gasteiger partial charge in [0.25, 0.3) is 0 Å². The fraction of sp³-hybridized carbons (Fsp3) is 0.906. The Hall–Kier alpha value is -3.09. The molecule has 0 saturated carbocycles. The van der Waals surface area contributed by atoms with Gasteiger partial charge in [0, 0.05) is 63.8 Å². The number of aliphatic hydroxyl groups is 2. The Kier molecular flexibility index (Phi) is 25.6. The lowest BCUT2D eigenvalue weighted by atomic mass is 9.74. The van der Waals surface area contributed by atoms with Crippen molar-refractivity contribution in [1.82, 2.24) is 4.90 Å². The van der Waals surface area contributed by atoms with Crippen LogP contribution in [0.5, 0.6) is 0 Å². The number of nitrogens with zero attached hydrogens (tertiary/aromatic N) is 2. The highest BCUT2D eigenvalue weighted by molar-refractivity contribution is 5.91. The monoisotopic (exact) mass is 1060 g/mol. The van der Waals surface area contributed by atoms with Crippen LogP contribution < -0.4 is 0 Å². The summed E-state index contributed by atoms with van der Waals surface area (Å²) < 4.78 is 74.4. The van der Waals surface area contributed by atoms with E-state index in [9.17, 15) is 19.8 Å². The van der Waals surface area contributed by atoms with E-state index in [1.165, 1.54) is 28.3 Å². The highest BCUT2D eigenvalue weighted by Crippen LogP contribution is 2.40. The maximum absolute atomic E-state index is 15.4. The van der Waals surface area contributed by atoms with Crippen LogP contribution in [0.3, 0.4) is 0 Å². The lowest BCUT2D eigenvalue weighted by Gasteiger charge is -2.45. The minimum absolute atomic E-state index is 0. The highest BCUT2D eigenvalue weighted by Gasteiger charge is 2.53. The van der Waals surface area contributed by atoms with Gasteiger partial charge in [0.2, 0.25) is 0 Å². The minimum Gasteiger partial charge on any atom is -0.461 e. The molecule has 0 aromatic carbocycles.